The number of anilines is 1. The largest absolute Gasteiger partial charge is 0.497 e. The number of ether oxygens (including phenoxy) is 1. The van der Waals surface area contributed by atoms with Crippen LogP contribution in [0.5, 0.6) is 5.75 Å². The minimum absolute atomic E-state index is 0.221. The molecule has 3 aromatic carbocycles. The monoisotopic (exact) mass is 462 g/mol. The fourth-order valence-electron chi connectivity index (χ4n) is 4.21. The minimum Gasteiger partial charge on any atom is -0.497 e. The van der Waals surface area contributed by atoms with Gasteiger partial charge in [0.2, 0.25) is 5.91 Å². The van der Waals surface area contributed by atoms with Crippen molar-refractivity contribution in [2.45, 2.75) is 10.9 Å². The Bertz CT molecular complexity index is 1460. The Hall–Kier alpha value is -3.85. The third-order valence-corrected chi connectivity index (χ3v) is 7.64. The van der Waals surface area contributed by atoms with Gasteiger partial charge in [0, 0.05) is 24.8 Å². The second kappa shape index (κ2) is 7.93. The van der Waals surface area contributed by atoms with Crippen LogP contribution in [0.25, 0.3) is 10.8 Å². The number of carbonyl (C=O) groups is 1. The maximum absolute atomic E-state index is 13.2. The van der Waals surface area contributed by atoms with Gasteiger partial charge in [-0.05, 0) is 35.2 Å². The summed E-state index contributed by atoms with van der Waals surface area (Å²) in [5.74, 6) is 0.882. The number of aromatic nitrogens is 2. The molecule has 0 bridgehead atoms. The molecule has 1 N–H and O–H groups in total. The summed E-state index contributed by atoms with van der Waals surface area (Å²) in [7, 11) is -0.404. The number of carbonyl (C=O) groups excluding carboxylic acids is 1. The Labute approximate surface area is 191 Å². The molecule has 0 spiro atoms. The van der Waals surface area contributed by atoms with Gasteiger partial charge in [-0.1, -0.05) is 36.4 Å². The molecule has 9 heteroatoms. The number of amides is 1. The molecule has 0 aliphatic carbocycles. The van der Waals surface area contributed by atoms with Crippen LogP contribution in [0.15, 0.2) is 78.0 Å². The van der Waals surface area contributed by atoms with Crippen molar-refractivity contribution in [3.05, 3.63) is 84.4 Å². The van der Waals surface area contributed by atoms with Gasteiger partial charge in [0.25, 0.3) is 10.0 Å². The summed E-state index contributed by atoms with van der Waals surface area (Å²) in [5.41, 5.74) is 1.31. The minimum atomic E-state index is -3.83. The number of imidazole rings is 1. The normalized spacial score (nSPS) is 14.9. The molecule has 33 heavy (non-hydrogen) atoms. The van der Waals surface area contributed by atoms with Crippen LogP contribution >= 0.6 is 0 Å². The highest BCUT2D eigenvalue weighted by Crippen LogP contribution is 2.41. The van der Waals surface area contributed by atoms with Crippen molar-refractivity contribution >= 4 is 32.4 Å². The first-order valence-electron chi connectivity index (χ1n) is 10.3. The van der Waals surface area contributed by atoms with Crippen molar-refractivity contribution in [2.75, 3.05) is 18.0 Å². The maximum atomic E-state index is 13.2. The standard InChI is InChI=1S/C24H22N4O4S/c1-27-14-13-25-24(27)23(17-9-11-18(32-2)12-10-17)26-21(29)15-28-19-7-3-5-16-6-4-8-20(22(16)19)33(28,30)31/h3-14,23H,15H2,1-2H3,(H,26,29). The van der Waals surface area contributed by atoms with Gasteiger partial charge in [-0.15, -0.1) is 0 Å². The predicted molar refractivity (Wildman–Crippen MR) is 125 cm³/mol. The fourth-order valence-corrected chi connectivity index (χ4v) is 5.88. The average Bonchev–Trinajstić information content (AvgIpc) is 3.33. The first-order valence-corrected chi connectivity index (χ1v) is 11.8. The van der Waals surface area contributed by atoms with Gasteiger partial charge in [-0.25, -0.2) is 13.4 Å². The summed E-state index contributed by atoms with van der Waals surface area (Å²) in [6, 6.07) is 17.3. The van der Waals surface area contributed by atoms with Crippen LogP contribution in [0.3, 0.4) is 0 Å². The molecule has 8 nitrogen and oxygen atoms in total. The smallest absolute Gasteiger partial charge is 0.265 e. The molecule has 2 heterocycles. The zero-order valence-corrected chi connectivity index (χ0v) is 18.9. The molecule has 168 valence electrons. The van der Waals surface area contributed by atoms with Crippen LogP contribution in [-0.4, -0.2) is 37.5 Å². The van der Waals surface area contributed by atoms with Gasteiger partial charge in [0.1, 0.15) is 24.2 Å². The lowest BCUT2D eigenvalue weighted by atomic mass is 10.1. The molecule has 1 unspecified atom stereocenters. The van der Waals surface area contributed by atoms with Crippen LogP contribution in [0, 0.1) is 0 Å². The lowest BCUT2D eigenvalue weighted by Crippen LogP contribution is -2.41. The maximum Gasteiger partial charge on any atom is 0.265 e. The molecule has 1 amide bonds. The summed E-state index contributed by atoms with van der Waals surface area (Å²) in [5, 5.41) is 4.43. The Balaban J connectivity index is 1.46. The van der Waals surface area contributed by atoms with Gasteiger partial charge >= 0.3 is 0 Å². The van der Waals surface area contributed by atoms with E-state index in [-0.39, 0.29) is 11.4 Å². The van der Waals surface area contributed by atoms with E-state index in [1.807, 2.05) is 35.9 Å². The molecule has 1 atom stereocenters. The van der Waals surface area contributed by atoms with E-state index in [1.54, 1.807) is 55.9 Å². The van der Waals surface area contributed by atoms with Crippen LogP contribution in [0.2, 0.25) is 0 Å². The molecular formula is C24H22N4O4S. The van der Waals surface area contributed by atoms with Gasteiger partial charge in [0.05, 0.1) is 17.7 Å². The van der Waals surface area contributed by atoms with Gasteiger partial charge < -0.3 is 14.6 Å². The Morgan fingerprint density at radius 2 is 1.82 bits per heavy atom. The highest BCUT2D eigenvalue weighted by Gasteiger charge is 2.37. The number of rotatable bonds is 6. The van der Waals surface area contributed by atoms with Crippen molar-refractivity contribution < 1.29 is 17.9 Å². The quantitative estimate of drug-likeness (QED) is 0.476. The van der Waals surface area contributed by atoms with E-state index in [1.165, 1.54) is 4.31 Å². The van der Waals surface area contributed by atoms with E-state index in [2.05, 4.69) is 10.3 Å². The number of aryl methyl sites for hydroxylation is 1. The molecule has 0 saturated heterocycles. The Morgan fingerprint density at radius 1 is 1.09 bits per heavy atom. The number of benzene rings is 3. The first-order chi connectivity index (χ1) is 15.9. The lowest BCUT2D eigenvalue weighted by Gasteiger charge is -2.22. The molecule has 0 saturated carbocycles. The van der Waals surface area contributed by atoms with Crippen LogP contribution in [0.1, 0.15) is 17.4 Å². The Kier molecular flexibility index (Phi) is 5.05. The summed E-state index contributed by atoms with van der Waals surface area (Å²) in [6.45, 7) is -0.340. The lowest BCUT2D eigenvalue weighted by molar-refractivity contribution is -0.120. The zero-order valence-electron chi connectivity index (χ0n) is 18.1. The van der Waals surface area contributed by atoms with Crippen molar-refractivity contribution in [3.63, 3.8) is 0 Å². The van der Waals surface area contributed by atoms with Crippen molar-refractivity contribution in [1.29, 1.82) is 0 Å². The van der Waals surface area contributed by atoms with Crippen LogP contribution < -0.4 is 14.4 Å². The average molecular weight is 463 g/mol. The number of sulfonamides is 1. The van der Waals surface area contributed by atoms with E-state index in [9.17, 15) is 13.2 Å². The summed E-state index contributed by atoms with van der Waals surface area (Å²) < 4.78 is 34.7. The van der Waals surface area contributed by atoms with Crippen molar-refractivity contribution in [1.82, 2.24) is 14.9 Å². The summed E-state index contributed by atoms with van der Waals surface area (Å²) in [6.07, 6.45) is 3.45. The van der Waals surface area contributed by atoms with Crippen LogP contribution in [0.4, 0.5) is 5.69 Å². The molecule has 4 aromatic rings. The van der Waals surface area contributed by atoms with Gasteiger partial charge in [-0.3, -0.25) is 9.10 Å². The Morgan fingerprint density at radius 3 is 2.48 bits per heavy atom. The number of hydrogen-bond acceptors (Lipinski definition) is 5. The molecule has 1 aliphatic rings. The number of nitrogens with one attached hydrogen (secondary N) is 1. The highest BCUT2D eigenvalue weighted by molar-refractivity contribution is 7.93. The molecule has 5 rings (SSSR count). The third kappa shape index (κ3) is 3.50. The predicted octanol–water partition coefficient (Wildman–Crippen LogP) is 3.00. The molecule has 0 fully saturated rings. The van der Waals surface area contributed by atoms with E-state index >= 15 is 0 Å². The third-order valence-electron chi connectivity index (χ3n) is 5.84. The topological polar surface area (TPSA) is 93.5 Å². The summed E-state index contributed by atoms with van der Waals surface area (Å²) >= 11 is 0. The molecule has 1 aromatic heterocycles. The second-order valence-corrected chi connectivity index (χ2v) is 9.64. The summed E-state index contributed by atoms with van der Waals surface area (Å²) in [4.78, 5) is 17.8. The zero-order chi connectivity index (χ0) is 23.2. The molecular weight excluding hydrogens is 440 g/mol. The van der Waals surface area contributed by atoms with E-state index in [0.29, 0.717) is 22.6 Å². The van der Waals surface area contributed by atoms with Gasteiger partial charge in [0.15, 0.2) is 0 Å². The second-order valence-electron chi connectivity index (χ2n) is 7.81. The number of methoxy groups -OCH3 is 1. The number of hydrogen-bond donors (Lipinski definition) is 1. The van der Waals surface area contributed by atoms with Crippen molar-refractivity contribution in [3.8, 4) is 5.75 Å². The van der Waals surface area contributed by atoms with Gasteiger partial charge in [-0.2, -0.15) is 0 Å². The molecule has 1 aliphatic heterocycles. The van der Waals surface area contributed by atoms with E-state index in [4.69, 9.17) is 4.74 Å². The number of nitrogens with zero attached hydrogens (tertiary/aromatic N) is 3. The van der Waals surface area contributed by atoms with E-state index in [0.717, 1.165) is 10.9 Å². The van der Waals surface area contributed by atoms with Crippen molar-refractivity contribution in [2.24, 2.45) is 7.05 Å². The molecule has 0 radical (unpaired) electrons. The van der Waals surface area contributed by atoms with E-state index < -0.39 is 22.0 Å². The van der Waals surface area contributed by atoms with Crippen LogP contribution in [-0.2, 0) is 21.9 Å². The fraction of sp³-hybridized carbons (Fsp3) is 0.167. The first kappa shape index (κ1) is 21.0. The highest BCUT2D eigenvalue weighted by atomic mass is 32.2. The SMILES string of the molecule is COc1ccc(C(NC(=O)CN2c3cccc4cccc(c34)S2(=O)=O)c2nccn2C)cc1.